The number of amides is 1. The number of nitro groups is 1. The maximum absolute atomic E-state index is 13.1. The fraction of sp³-hybridized carbons (Fsp3) is 0.350. The third-order valence-corrected chi connectivity index (χ3v) is 5.88. The van der Waals surface area contributed by atoms with E-state index < -0.39 is 4.92 Å². The molecule has 0 saturated carbocycles. The summed E-state index contributed by atoms with van der Waals surface area (Å²) in [5.41, 5.74) is 0.228. The Morgan fingerprint density at radius 2 is 2.00 bits per heavy atom. The maximum atomic E-state index is 13.1. The van der Waals surface area contributed by atoms with Gasteiger partial charge in [0.25, 0.3) is 11.6 Å². The fourth-order valence-corrected chi connectivity index (χ4v) is 4.27. The molecule has 1 aliphatic heterocycles. The summed E-state index contributed by atoms with van der Waals surface area (Å²) in [6, 6.07) is 10.6. The zero-order valence-electron chi connectivity index (χ0n) is 15.1. The van der Waals surface area contributed by atoms with Gasteiger partial charge >= 0.3 is 0 Å². The number of hydrogen-bond donors (Lipinski definition) is 0. The van der Waals surface area contributed by atoms with Crippen LogP contribution < -0.4 is 0 Å². The first-order chi connectivity index (χ1) is 13.0. The van der Waals surface area contributed by atoms with Crippen molar-refractivity contribution in [3.8, 4) is 0 Å². The molecular weight excluding hydrogens is 367 g/mol. The summed E-state index contributed by atoms with van der Waals surface area (Å²) >= 11 is 1.18. The normalized spacial score (nSPS) is 17.0. The molecule has 0 aromatic heterocycles. The zero-order chi connectivity index (χ0) is 19.4. The molecule has 7 heteroatoms. The average molecular weight is 388 g/mol. The van der Waals surface area contributed by atoms with Crippen LogP contribution in [-0.4, -0.2) is 28.3 Å². The highest BCUT2D eigenvalue weighted by molar-refractivity contribution is 7.99. The van der Waals surface area contributed by atoms with Gasteiger partial charge in [-0.25, -0.2) is 4.39 Å². The maximum Gasteiger partial charge on any atom is 0.284 e. The van der Waals surface area contributed by atoms with Crippen LogP contribution in [0, 0.1) is 15.9 Å². The number of nitro benzene ring substituents is 1. The van der Waals surface area contributed by atoms with Gasteiger partial charge in [0.05, 0.1) is 9.82 Å². The Labute approximate surface area is 161 Å². The van der Waals surface area contributed by atoms with E-state index >= 15 is 0 Å². The minimum Gasteiger partial charge on any atom is -0.336 e. The Morgan fingerprint density at radius 3 is 2.67 bits per heavy atom. The minimum atomic E-state index is -0.476. The molecule has 1 saturated heterocycles. The lowest BCUT2D eigenvalue weighted by Crippen LogP contribution is -2.43. The molecule has 0 N–H and O–H groups in total. The van der Waals surface area contributed by atoms with Crippen molar-refractivity contribution in [2.24, 2.45) is 0 Å². The highest BCUT2D eigenvalue weighted by Gasteiger charge is 2.28. The Hall–Kier alpha value is -2.41. The molecule has 1 amide bonds. The second kappa shape index (κ2) is 8.52. The van der Waals surface area contributed by atoms with Crippen LogP contribution in [0.5, 0.6) is 0 Å². The number of piperidine rings is 1. The highest BCUT2D eigenvalue weighted by Crippen LogP contribution is 2.36. The van der Waals surface area contributed by atoms with E-state index in [2.05, 4.69) is 6.92 Å². The summed E-state index contributed by atoms with van der Waals surface area (Å²) < 4.78 is 13.1. The second-order valence-corrected chi connectivity index (χ2v) is 7.67. The summed E-state index contributed by atoms with van der Waals surface area (Å²) in [6.07, 6.45) is 3.92. The molecule has 0 bridgehead atoms. The average Bonchev–Trinajstić information content (AvgIpc) is 2.69. The van der Waals surface area contributed by atoms with Gasteiger partial charge in [-0.3, -0.25) is 14.9 Å². The van der Waals surface area contributed by atoms with Crippen molar-refractivity contribution < 1.29 is 14.1 Å². The van der Waals surface area contributed by atoms with Crippen molar-refractivity contribution in [2.45, 2.75) is 48.4 Å². The van der Waals surface area contributed by atoms with Gasteiger partial charge in [-0.05, 0) is 62.1 Å². The van der Waals surface area contributed by atoms with E-state index in [4.69, 9.17) is 0 Å². The molecule has 2 aromatic rings. The monoisotopic (exact) mass is 388 g/mol. The van der Waals surface area contributed by atoms with Crippen LogP contribution >= 0.6 is 11.8 Å². The lowest BCUT2D eigenvalue weighted by Gasteiger charge is -2.35. The van der Waals surface area contributed by atoms with Gasteiger partial charge in [0.2, 0.25) is 0 Å². The van der Waals surface area contributed by atoms with Crippen LogP contribution in [0.1, 0.15) is 43.0 Å². The van der Waals surface area contributed by atoms with E-state index in [9.17, 15) is 19.3 Å². The standard InChI is InChI=1S/C20H21FN2O3S/c1-2-16-5-3-4-12-22(16)20(24)14-6-11-19(18(13-14)23(25)26)27-17-9-7-15(21)8-10-17/h6-11,13,16H,2-5,12H2,1H3/t16-/m0/s1. The van der Waals surface area contributed by atoms with Gasteiger partial charge in [-0.15, -0.1) is 0 Å². The number of benzene rings is 2. The van der Waals surface area contributed by atoms with Crippen LogP contribution in [-0.2, 0) is 0 Å². The molecule has 0 spiro atoms. The first-order valence-electron chi connectivity index (χ1n) is 9.02. The molecule has 0 unspecified atom stereocenters. The number of carbonyl (C=O) groups excluding carboxylic acids is 1. The van der Waals surface area contributed by atoms with Crippen LogP contribution in [0.25, 0.3) is 0 Å². The molecule has 142 valence electrons. The quantitative estimate of drug-likeness (QED) is 0.516. The molecule has 2 aromatic carbocycles. The second-order valence-electron chi connectivity index (χ2n) is 6.55. The minimum absolute atomic E-state index is 0.111. The first-order valence-corrected chi connectivity index (χ1v) is 9.84. The number of hydrogen-bond acceptors (Lipinski definition) is 4. The van der Waals surface area contributed by atoms with Crippen molar-refractivity contribution in [1.82, 2.24) is 4.90 Å². The van der Waals surface area contributed by atoms with E-state index in [0.717, 1.165) is 25.7 Å². The zero-order valence-corrected chi connectivity index (χ0v) is 15.9. The number of likely N-dealkylation sites (tertiary alicyclic amines) is 1. The molecule has 1 atom stereocenters. The fourth-order valence-electron chi connectivity index (χ4n) is 3.37. The van der Waals surface area contributed by atoms with Crippen LogP contribution in [0.2, 0.25) is 0 Å². The molecule has 0 radical (unpaired) electrons. The number of nitrogens with zero attached hydrogens (tertiary/aromatic N) is 2. The number of carbonyl (C=O) groups is 1. The van der Waals surface area contributed by atoms with Crippen molar-refractivity contribution >= 4 is 23.4 Å². The van der Waals surface area contributed by atoms with Crippen molar-refractivity contribution in [2.75, 3.05) is 6.54 Å². The first kappa shape index (κ1) is 19.4. The van der Waals surface area contributed by atoms with E-state index in [1.807, 2.05) is 4.90 Å². The third kappa shape index (κ3) is 4.47. The van der Waals surface area contributed by atoms with E-state index in [1.165, 1.54) is 30.0 Å². The summed E-state index contributed by atoms with van der Waals surface area (Å²) in [5.74, 6) is -0.509. The summed E-state index contributed by atoms with van der Waals surface area (Å²) in [6.45, 7) is 2.75. The van der Waals surface area contributed by atoms with Crippen LogP contribution in [0.4, 0.5) is 10.1 Å². The van der Waals surface area contributed by atoms with Gasteiger partial charge < -0.3 is 4.90 Å². The Morgan fingerprint density at radius 1 is 1.26 bits per heavy atom. The Bertz CT molecular complexity index is 842. The van der Waals surface area contributed by atoms with Gasteiger partial charge in [-0.2, -0.15) is 0 Å². The van der Waals surface area contributed by atoms with Gasteiger partial charge in [0, 0.05) is 29.1 Å². The Kier molecular flexibility index (Phi) is 6.11. The van der Waals surface area contributed by atoms with Crippen LogP contribution in [0.15, 0.2) is 52.3 Å². The van der Waals surface area contributed by atoms with Gasteiger partial charge in [0.1, 0.15) is 5.82 Å². The lowest BCUT2D eigenvalue weighted by atomic mass is 9.99. The lowest BCUT2D eigenvalue weighted by molar-refractivity contribution is -0.387. The molecule has 27 heavy (non-hydrogen) atoms. The molecule has 3 rings (SSSR count). The van der Waals surface area contributed by atoms with Crippen molar-refractivity contribution in [1.29, 1.82) is 0 Å². The highest BCUT2D eigenvalue weighted by atomic mass is 32.2. The van der Waals surface area contributed by atoms with Gasteiger partial charge in [-0.1, -0.05) is 18.7 Å². The summed E-state index contributed by atoms with van der Waals surface area (Å²) in [5, 5.41) is 11.5. The van der Waals surface area contributed by atoms with Crippen molar-refractivity contribution in [3.05, 3.63) is 64.0 Å². The predicted molar refractivity (Wildman–Crippen MR) is 103 cm³/mol. The molecular formula is C20H21FN2O3S. The predicted octanol–water partition coefficient (Wildman–Crippen LogP) is 5.29. The van der Waals surface area contributed by atoms with Gasteiger partial charge in [0.15, 0.2) is 0 Å². The van der Waals surface area contributed by atoms with E-state index in [0.29, 0.717) is 21.9 Å². The van der Waals surface area contributed by atoms with Crippen molar-refractivity contribution in [3.63, 3.8) is 0 Å². The largest absolute Gasteiger partial charge is 0.336 e. The van der Waals surface area contributed by atoms with E-state index in [-0.39, 0.29) is 23.5 Å². The Balaban J connectivity index is 1.87. The SMILES string of the molecule is CC[C@H]1CCCCN1C(=O)c1ccc(Sc2ccc(F)cc2)c([N+](=O)[O-])c1. The third-order valence-electron chi connectivity index (χ3n) is 4.80. The molecule has 0 aliphatic carbocycles. The van der Waals surface area contributed by atoms with Crippen LogP contribution in [0.3, 0.4) is 0 Å². The number of halogens is 1. The summed E-state index contributed by atoms with van der Waals surface area (Å²) in [7, 11) is 0. The topological polar surface area (TPSA) is 63.5 Å². The summed E-state index contributed by atoms with van der Waals surface area (Å²) in [4.78, 5) is 26.9. The smallest absolute Gasteiger partial charge is 0.284 e. The molecule has 1 fully saturated rings. The molecule has 1 heterocycles. The molecule has 1 aliphatic rings. The molecule has 5 nitrogen and oxygen atoms in total. The number of rotatable bonds is 5. The van der Waals surface area contributed by atoms with E-state index in [1.54, 1.807) is 24.3 Å².